The molecule has 452 valence electrons. The van der Waals surface area contributed by atoms with Gasteiger partial charge in [0.25, 0.3) is 0 Å². The predicted octanol–water partition coefficient (Wildman–Crippen LogP) is 17.2. The Morgan fingerprint density at radius 1 is 0.416 bits per heavy atom. The third-order valence-electron chi connectivity index (χ3n) is 15.3. The van der Waals surface area contributed by atoms with E-state index in [1.807, 2.05) is 0 Å². The van der Waals surface area contributed by atoms with Crippen LogP contribution >= 0.6 is 0 Å². The Hall–Kier alpha value is -2.54. The fourth-order valence-electron chi connectivity index (χ4n) is 10.3. The Morgan fingerprint density at radius 3 is 1.10 bits per heavy atom. The molecule has 12 nitrogen and oxygen atoms in total. The Kier molecular flexibility index (Phi) is 50.9. The van der Waals surface area contributed by atoms with Crippen molar-refractivity contribution in [2.45, 2.75) is 366 Å². The van der Waals surface area contributed by atoms with E-state index in [1.165, 1.54) is 193 Å². The zero-order chi connectivity index (χ0) is 56.1. The Balaban J connectivity index is 2.62. The Bertz CT molecular complexity index is 1390. The van der Waals surface area contributed by atoms with E-state index in [0.717, 1.165) is 77.0 Å². The number of ether oxygens (including phenoxy) is 5. The van der Waals surface area contributed by atoms with E-state index < -0.39 is 67.3 Å². The van der Waals surface area contributed by atoms with Gasteiger partial charge in [-0.05, 0) is 44.9 Å². The van der Waals surface area contributed by atoms with Crippen molar-refractivity contribution < 1.29 is 58.2 Å². The highest BCUT2D eigenvalue weighted by atomic mass is 16.7. The molecule has 0 saturated carbocycles. The second-order valence-corrected chi connectivity index (χ2v) is 22.8. The second kappa shape index (κ2) is 54.1. The SMILES string of the molecule is CCCCCCCC/C=C\CCCCCCCC(=O)OC1C(OCC(COC(=O)CCCCCCCCCCCCCCCCCCCCC)OC(=O)CCCCCCCCCCCCCCC)OC(C(=O)O)C(O)C1O. The van der Waals surface area contributed by atoms with Gasteiger partial charge in [-0.1, -0.05) is 277 Å². The first-order chi connectivity index (χ1) is 37.6. The quantitative estimate of drug-likeness (QED) is 0.0228. The minimum atomic E-state index is -1.90. The van der Waals surface area contributed by atoms with Crippen molar-refractivity contribution >= 4 is 23.9 Å². The van der Waals surface area contributed by atoms with Gasteiger partial charge >= 0.3 is 23.9 Å². The molecule has 0 bridgehead atoms. The van der Waals surface area contributed by atoms with Crippen molar-refractivity contribution in [2.24, 2.45) is 0 Å². The molecule has 12 heteroatoms. The van der Waals surface area contributed by atoms with Crippen LogP contribution < -0.4 is 0 Å². The van der Waals surface area contributed by atoms with E-state index in [2.05, 4.69) is 32.9 Å². The molecule has 0 aromatic heterocycles. The van der Waals surface area contributed by atoms with Gasteiger partial charge in [-0.25, -0.2) is 4.79 Å². The first kappa shape index (κ1) is 72.5. The number of esters is 3. The average molecular weight is 1090 g/mol. The normalized spacial score (nSPS) is 18.0. The molecule has 1 aliphatic rings. The first-order valence-corrected chi connectivity index (χ1v) is 32.7. The van der Waals surface area contributed by atoms with Crippen LogP contribution in [0.5, 0.6) is 0 Å². The number of hydrogen-bond donors (Lipinski definition) is 3. The number of carbonyl (C=O) groups excluding carboxylic acids is 3. The van der Waals surface area contributed by atoms with E-state index in [-0.39, 0.29) is 25.9 Å². The van der Waals surface area contributed by atoms with Gasteiger partial charge in [0.2, 0.25) is 0 Å². The molecule has 1 heterocycles. The van der Waals surface area contributed by atoms with E-state index in [4.69, 9.17) is 23.7 Å². The van der Waals surface area contributed by atoms with Crippen LogP contribution in [0.15, 0.2) is 12.2 Å². The smallest absolute Gasteiger partial charge is 0.335 e. The van der Waals surface area contributed by atoms with Crippen molar-refractivity contribution in [2.75, 3.05) is 13.2 Å². The molecule has 6 unspecified atom stereocenters. The Morgan fingerprint density at radius 2 is 0.740 bits per heavy atom. The lowest BCUT2D eigenvalue weighted by Gasteiger charge is -2.40. The number of allylic oxidation sites excluding steroid dienone is 2. The molecule has 1 rings (SSSR count). The zero-order valence-corrected chi connectivity index (χ0v) is 50.0. The number of rotatable bonds is 57. The van der Waals surface area contributed by atoms with Gasteiger partial charge in [0.1, 0.15) is 18.8 Å². The van der Waals surface area contributed by atoms with Crippen LogP contribution in [0.3, 0.4) is 0 Å². The summed E-state index contributed by atoms with van der Waals surface area (Å²) in [4.78, 5) is 51.2. The third kappa shape index (κ3) is 43.9. The molecule has 0 aromatic carbocycles. The maximum atomic E-state index is 13.2. The number of aliphatic hydroxyl groups excluding tert-OH is 2. The van der Waals surface area contributed by atoms with Crippen molar-refractivity contribution in [1.82, 2.24) is 0 Å². The third-order valence-corrected chi connectivity index (χ3v) is 15.3. The minimum Gasteiger partial charge on any atom is -0.479 e. The lowest BCUT2D eigenvalue weighted by Crippen LogP contribution is -2.61. The van der Waals surface area contributed by atoms with Crippen molar-refractivity contribution in [3.8, 4) is 0 Å². The lowest BCUT2D eigenvalue weighted by molar-refractivity contribution is -0.301. The molecule has 0 amide bonds. The van der Waals surface area contributed by atoms with Crippen LogP contribution in [-0.4, -0.2) is 89.2 Å². The highest BCUT2D eigenvalue weighted by molar-refractivity contribution is 5.74. The summed E-state index contributed by atoms with van der Waals surface area (Å²) in [5.74, 6) is -3.08. The summed E-state index contributed by atoms with van der Waals surface area (Å²) < 4.78 is 28.5. The van der Waals surface area contributed by atoms with E-state index >= 15 is 0 Å². The molecule has 0 aliphatic carbocycles. The van der Waals surface area contributed by atoms with Crippen LogP contribution in [0.1, 0.15) is 329 Å². The summed E-state index contributed by atoms with van der Waals surface area (Å²) in [6, 6.07) is 0. The van der Waals surface area contributed by atoms with Crippen LogP contribution in [0.4, 0.5) is 0 Å². The molecule has 3 N–H and O–H groups in total. The standard InChI is InChI=1S/C65H120O12/c1-4-7-10-13-16-19-22-25-27-28-29-30-32-34-36-39-42-45-48-51-57(66)73-54-56(75-58(67)52-49-46-43-40-37-33-24-21-18-15-12-9-6-3)55-74-65-63(61(70)60(69)62(77-65)64(71)72)76-59(68)53-50-47-44-41-38-35-31-26-23-20-17-14-11-8-5-2/h26,31,56,60-63,65,69-70H,4-25,27-30,32-55H2,1-3H3,(H,71,72)/b31-26-. The minimum absolute atomic E-state index is 0.0570. The summed E-state index contributed by atoms with van der Waals surface area (Å²) in [6.07, 6.45) is 48.9. The maximum Gasteiger partial charge on any atom is 0.335 e. The van der Waals surface area contributed by atoms with Gasteiger partial charge in [0, 0.05) is 19.3 Å². The first-order valence-electron chi connectivity index (χ1n) is 32.7. The Labute approximate surface area is 471 Å². The number of carboxylic acid groups (broad SMARTS) is 1. The van der Waals surface area contributed by atoms with E-state index in [0.29, 0.717) is 19.3 Å². The van der Waals surface area contributed by atoms with Gasteiger partial charge < -0.3 is 39.0 Å². The average Bonchev–Trinajstić information content (AvgIpc) is 3.42. The summed E-state index contributed by atoms with van der Waals surface area (Å²) in [6.45, 7) is 6.04. The summed E-state index contributed by atoms with van der Waals surface area (Å²) in [7, 11) is 0. The van der Waals surface area contributed by atoms with Crippen LogP contribution in [0, 0.1) is 0 Å². The molecule has 1 aliphatic heterocycles. The van der Waals surface area contributed by atoms with Crippen LogP contribution in [0.2, 0.25) is 0 Å². The molecular formula is C65H120O12. The van der Waals surface area contributed by atoms with Gasteiger partial charge in [-0.3, -0.25) is 14.4 Å². The summed E-state index contributed by atoms with van der Waals surface area (Å²) >= 11 is 0. The van der Waals surface area contributed by atoms with E-state index in [9.17, 15) is 34.5 Å². The fraction of sp³-hybridized carbons (Fsp3) is 0.908. The number of carboxylic acids is 1. The highest BCUT2D eigenvalue weighted by Gasteiger charge is 2.50. The number of carbonyl (C=O) groups is 4. The van der Waals surface area contributed by atoms with Gasteiger partial charge in [0.05, 0.1) is 6.61 Å². The number of hydrogen-bond acceptors (Lipinski definition) is 11. The number of unbranched alkanes of at least 4 members (excludes halogenated alkanes) is 41. The molecule has 0 radical (unpaired) electrons. The van der Waals surface area contributed by atoms with E-state index in [1.54, 1.807) is 0 Å². The van der Waals surface area contributed by atoms with Crippen molar-refractivity contribution in [1.29, 1.82) is 0 Å². The molecule has 1 fully saturated rings. The monoisotopic (exact) mass is 1090 g/mol. The van der Waals surface area contributed by atoms with Crippen molar-refractivity contribution in [3.05, 3.63) is 12.2 Å². The molecular weight excluding hydrogens is 973 g/mol. The van der Waals surface area contributed by atoms with Gasteiger partial charge in [-0.2, -0.15) is 0 Å². The molecule has 1 saturated heterocycles. The summed E-state index contributed by atoms with van der Waals surface area (Å²) in [5, 5.41) is 31.5. The molecule has 77 heavy (non-hydrogen) atoms. The van der Waals surface area contributed by atoms with Gasteiger partial charge in [0.15, 0.2) is 24.6 Å². The second-order valence-electron chi connectivity index (χ2n) is 22.8. The number of aliphatic hydroxyl groups is 2. The lowest BCUT2D eigenvalue weighted by atomic mass is 9.98. The maximum absolute atomic E-state index is 13.2. The predicted molar refractivity (Wildman–Crippen MR) is 313 cm³/mol. The fourth-order valence-corrected chi connectivity index (χ4v) is 10.3. The molecule has 0 spiro atoms. The van der Waals surface area contributed by atoms with Gasteiger partial charge in [-0.15, -0.1) is 0 Å². The summed E-state index contributed by atoms with van der Waals surface area (Å²) in [5.41, 5.74) is 0. The van der Waals surface area contributed by atoms with Crippen LogP contribution in [-0.2, 0) is 42.9 Å². The largest absolute Gasteiger partial charge is 0.479 e. The molecule has 6 atom stereocenters. The van der Waals surface area contributed by atoms with Crippen molar-refractivity contribution in [3.63, 3.8) is 0 Å². The topological polar surface area (TPSA) is 175 Å². The zero-order valence-electron chi connectivity index (χ0n) is 50.0. The highest BCUT2D eigenvalue weighted by Crippen LogP contribution is 2.27. The number of aliphatic carboxylic acids is 1. The van der Waals surface area contributed by atoms with Crippen LogP contribution in [0.25, 0.3) is 0 Å². The molecule has 0 aromatic rings.